The highest BCUT2D eigenvalue weighted by atomic mass is 79.9. The van der Waals surface area contributed by atoms with E-state index in [-0.39, 0.29) is 12.0 Å². The van der Waals surface area contributed by atoms with Crippen molar-refractivity contribution in [3.8, 4) is 5.75 Å². The van der Waals surface area contributed by atoms with E-state index in [1.165, 1.54) is 11.3 Å². The largest absolute Gasteiger partial charge is 0.495 e. The van der Waals surface area contributed by atoms with Crippen molar-refractivity contribution in [3.05, 3.63) is 16.3 Å². The summed E-state index contributed by atoms with van der Waals surface area (Å²) in [6.07, 6.45) is 0.0821. The molecule has 1 saturated heterocycles. The summed E-state index contributed by atoms with van der Waals surface area (Å²) in [5, 5.41) is 2.62. The number of nitrogens with zero attached hydrogens (tertiary/aromatic N) is 1. The molecule has 0 aliphatic carbocycles. The van der Waals surface area contributed by atoms with Gasteiger partial charge in [-0.05, 0) is 11.4 Å². The van der Waals surface area contributed by atoms with Crippen LogP contribution in [0.15, 0.2) is 11.4 Å². The molecule has 94 valence electrons. The van der Waals surface area contributed by atoms with Crippen molar-refractivity contribution in [2.45, 2.75) is 6.10 Å². The van der Waals surface area contributed by atoms with E-state index < -0.39 is 0 Å². The van der Waals surface area contributed by atoms with Crippen LogP contribution in [0.2, 0.25) is 0 Å². The number of carbonyl (C=O) groups excluding carboxylic acids is 1. The highest BCUT2D eigenvalue weighted by Crippen LogP contribution is 2.26. The first-order chi connectivity index (χ1) is 8.26. The maximum atomic E-state index is 12.3. The van der Waals surface area contributed by atoms with Gasteiger partial charge in [0, 0.05) is 18.4 Å². The van der Waals surface area contributed by atoms with Gasteiger partial charge in [0.05, 0.1) is 19.8 Å². The third-order valence-corrected chi connectivity index (χ3v) is 4.25. The van der Waals surface area contributed by atoms with Crippen LogP contribution < -0.4 is 4.74 Å². The monoisotopic (exact) mass is 319 g/mol. The minimum atomic E-state index is 0.0334. The molecule has 1 fully saturated rings. The molecule has 0 radical (unpaired) electrons. The number of morpholine rings is 1. The lowest BCUT2D eigenvalue weighted by Crippen LogP contribution is -2.46. The van der Waals surface area contributed by atoms with Crippen LogP contribution in [-0.4, -0.2) is 49.0 Å². The average Bonchev–Trinajstić information content (AvgIpc) is 2.86. The van der Waals surface area contributed by atoms with Crippen molar-refractivity contribution in [2.24, 2.45) is 0 Å². The highest BCUT2D eigenvalue weighted by molar-refractivity contribution is 9.09. The maximum Gasteiger partial charge on any atom is 0.267 e. The number of thiophene rings is 1. The van der Waals surface area contributed by atoms with E-state index in [2.05, 4.69) is 15.9 Å². The second-order valence-corrected chi connectivity index (χ2v) is 5.28. The molecular formula is C11H14BrNO3S. The summed E-state index contributed by atoms with van der Waals surface area (Å²) in [5.74, 6) is 0.688. The summed E-state index contributed by atoms with van der Waals surface area (Å²) in [6, 6.07) is 1.82. The lowest BCUT2D eigenvalue weighted by Gasteiger charge is -2.31. The summed E-state index contributed by atoms with van der Waals surface area (Å²) >= 11 is 4.80. The molecule has 4 nitrogen and oxygen atoms in total. The zero-order chi connectivity index (χ0) is 12.3. The van der Waals surface area contributed by atoms with E-state index in [4.69, 9.17) is 9.47 Å². The van der Waals surface area contributed by atoms with E-state index in [1.54, 1.807) is 7.11 Å². The van der Waals surface area contributed by atoms with Crippen LogP contribution in [0, 0.1) is 0 Å². The normalized spacial score (nSPS) is 20.4. The fourth-order valence-corrected chi connectivity index (χ4v) is 2.97. The Morgan fingerprint density at radius 1 is 1.76 bits per heavy atom. The van der Waals surface area contributed by atoms with Gasteiger partial charge < -0.3 is 14.4 Å². The SMILES string of the molecule is COc1ccsc1C(=O)N1CCOC(CBr)C1. The van der Waals surface area contributed by atoms with Crippen molar-refractivity contribution in [1.29, 1.82) is 0 Å². The molecule has 0 N–H and O–H groups in total. The van der Waals surface area contributed by atoms with Crippen LogP contribution in [-0.2, 0) is 4.74 Å². The molecule has 1 aromatic heterocycles. The molecule has 0 saturated carbocycles. The molecule has 1 aliphatic heterocycles. The Morgan fingerprint density at radius 3 is 3.29 bits per heavy atom. The van der Waals surface area contributed by atoms with Gasteiger partial charge in [0.15, 0.2) is 0 Å². The zero-order valence-corrected chi connectivity index (χ0v) is 11.9. The molecule has 2 rings (SSSR count). The van der Waals surface area contributed by atoms with Crippen LogP contribution in [0.3, 0.4) is 0 Å². The third-order valence-electron chi connectivity index (χ3n) is 2.64. The number of carbonyl (C=O) groups is 1. The second-order valence-electron chi connectivity index (χ2n) is 3.72. The summed E-state index contributed by atoms with van der Waals surface area (Å²) in [6.45, 7) is 1.87. The number of rotatable bonds is 3. The number of hydrogen-bond donors (Lipinski definition) is 0. The van der Waals surface area contributed by atoms with Crippen molar-refractivity contribution in [1.82, 2.24) is 4.90 Å². The standard InChI is InChI=1S/C11H14BrNO3S/c1-15-9-2-5-17-10(9)11(14)13-3-4-16-8(6-12)7-13/h2,5,8H,3-4,6-7H2,1H3. The van der Waals surface area contributed by atoms with Gasteiger partial charge >= 0.3 is 0 Å². The highest BCUT2D eigenvalue weighted by Gasteiger charge is 2.26. The Kier molecular flexibility index (Phi) is 4.42. The Bertz CT molecular complexity index is 396. The molecule has 1 aromatic rings. The van der Waals surface area contributed by atoms with Gasteiger partial charge in [0.25, 0.3) is 5.91 Å². The van der Waals surface area contributed by atoms with Crippen LogP contribution in [0.1, 0.15) is 9.67 Å². The summed E-state index contributed by atoms with van der Waals surface area (Å²) in [7, 11) is 1.58. The van der Waals surface area contributed by atoms with Crippen molar-refractivity contribution in [2.75, 3.05) is 32.1 Å². The predicted octanol–water partition coefficient (Wildman–Crippen LogP) is 1.99. The molecule has 17 heavy (non-hydrogen) atoms. The number of halogens is 1. The number of alkyl halides is 1. The molecule has 2 heterocycles. The second kappa shape index (κ2) is 5.84. The first-order valence-corrected chi connectivity index (χ1v) is 7.34. The molecule has 1 amide bonds. The average molecular weight is 320 g/mol. The minimum absolute atomic E-state index is 0.0334. The molecule has 0 aromatic carbocycles. The summed E-state index contributed by atoms with van der Waals surface area (Å²) < 4.78 is 10.7. The first kappa shape index (κ1) is 12.9. The molecule has 1 unspecified atom stereocenters. The van der Waals surface area contributed by atoms with Gasteiger partial charge in [-0.1, -0.05) is 15.9 Å². The van der Waals surface area contributed by atoms with E-state index in [1.807, 2.05) is 16.3 Å². The van der Waals surface area contributed by atoms with E-state index in [0.29, 0.717) is 30.3 Å². The third kappa shape index (κ3) is 2.81. The van der Waals surface area contributed by atoms with Crippen LogP contribution in [0.5, 0.6) is 5.75 Å². The Balaban J connectivity index is 2.09. The molecular weight excluding hydrogens is 306 g/mol. The smallest absolute Gasteiger partial charge is 0.267 e. The quantitative estimate of drug-likeness (QED) is 0.800. The molecule has 1 aliphatic rings. The summed E-state index contributed by atoms with van der Waals surface area (Å²) in [5.41, 5.74) is 0. The van der Waals surface area contributed by atoms with Crippen molar-refractivity contribution >= 4 is 33.2 Å². The molecule has 0 spiro atoms. The van der Waals surface area contributed by atoms with Gasteiger partial charge in [0.2, 0.25) is 0 Å². The Hall–Kier alpha value is -0.590. The fraction of sp³-hybridized carbons (Fsp3) is 0.545. The van der Waals surface area contributed by atoms with Gasteiger partial charge in [-0.2, -0.15) is 0 Å². The van der Waals surface area contributed by atoms with Gasteiger partial charge in [-0.25, -0.2) is 0 Å². The summed E-state index contributed by atoms with van der Waals surface area (Å²) in [4.78, 5) is 14.8. The van der Waals surface area contributed by atoms with Gasteiger partial charge in [-0.3, -0.25) is 4.79 Å². The maximum absolute atomic E-state index is 12.3. The van der Waals surface area contributed by atoms with Crippen molar-refractivity contribution in [3.63, 3.8) is 0 Å². The lowest BCUT2D eigenvalue weighted by atomic mass is 10.2. The number of hydrogen-bond acceptors (Lipinski definition) is 4. The number of methoxy groups -OCH3 is 1. The first-order valence-electron chi connectivity index (χ1n) is 5.34. The van der Waals surface area contributed by atoms with Crippen LogP contribution >= 0.6 is 27.3 Å². The van der Waals surface area contributed by atoms with Crippen LogP contribution in [0.4, 0.5) is 0 Å². The molecule has 0 bridgehead atoms. The molecule has 6 heteroatoms. The number of ether oxygens (including phenoxy) is 2. The lowest BCUT2D eigenvalue weighted by molar-refractivity contribution is -0.00955. The fourth-order valence-electron chi connectivity index (χ4n) is 1.75. The van der Waals surface area contributed by atoms with Crippen LogP contribution in [0.25, 0.3) is 0 Å². The minimum Gasteiger partial charge on any atom is -0.495 e. The van der Waals surface area contributed by atoms with Gasteiger partial charge in [-0.15, -0.1) is 11.3 Å². The van der Waals surface area contributed by atoms with E-state index in [0.717, 1.165) is 5.33 Å². The predicted molar refractivity (Wildman–Crippen MR) is 70.3 cm³/mol. The van der Waals surface area contributed by atoms with Gasteiger partial charge in [0.1, 0.15) is 10.6 Å². The Labute approximate surface area is 113 Å². The molecule has 1 atom stereocenters. The topological polar surface area (TPSA) is 38.8 Å². The Morgan fingerprint density at radius 2 is 2.59 bits per heavy atom. The van der Waals surface area contributed by atoms with E-state index in [9.17, 15) is 4.79 Å². The zero-order valence-electron chi connectivity index (χ0n) is 9.52. The number of amides is 1. The van der Waals surface area contributed by atoms with Crippen molar-refractivity contribution < 1.29 is 14.3 Å². The van der Waals surface area contributed by atoms with E-state index >= 15 is 0 Å².